The van der Waals surface area contributed by atoms with E-state index < -0.39 is 5.97 Å². The second-order valence-electron chi connectivity index (χ2n) is 13.2. The van der Waals surface area contributed by atoms with Crippen molar-refractivity contribution in [2.45, 2.75) is 193 Å². The monoisotopic (exact) mass is 672 g/mol. The number of hydrogen-bond acceptors (Lipinski definition) is 4. The first-order valence-electron chi connectivity index (χ1n) is 19.8. The van der Waals surface area contributed by atoms with Crippen LogP contribution in [-0.2, 0) is 19.1 Å². The maximum Gasteiger partial charge on any atom is 0.322 e. The number of carbonyl (C=O) groups excluding carboxylic acids is 2. The lowest BCUT2D eigenvalue weighted by atomic mass is 10.0. The number of amides is 1. The van der Waals surface area contributed by atoms with Gasteiger partial charge >= 0.3 is 11.9 Å². The molecule has 0 aromatic rings. The van der Waals surface area contributed by atoms with Crippen LogP contribution in [0.3, 0.4) is 0 Å². The van der Waals surface area contributed by atoms with Crippen molar-refractivity contribution in [3.05, 3.63) is 48.6 Å². The molecule has 1 atom stereocenters. The summed E-state index contributed by atoms with van der Waals surface area (Å²) >= 11 is 0. The van der Waals surface area contributed by atoms with E-state index in [-0.39, 0.29) is 24.5 Å². The number of carbonyl (C=O) groups is 3. The lowest BCUT2D eigenvalue weighted by molar-refractivity contribution is -0.150. The first-order valence-corrected chi connectivity index (χ1v) is 19.8. The fourth-order valence-corrected chi connectivity index (χ4v) is 5.62. The number of hydrogen-bond donors (Lipinski definition) is 2. The summed E-state index contributed by atoms with van der Waals surface area (Å²) in [4.78, 5) is 34.8. The molecule has 48 heavy (non-hydrogen) atoms. The topological polar surface area (TPSA) is 92.7 Å². The number of allylic oxidation sites excluding steroid dienone is 8. The predicted octanol–water partition coefficient (Wildman–Crippen LogP) is 11.9. The van der Waals surface area contributed by atoms with Gasteiger partial charge in [0, 0.05) is 12.8 Å². The quantitative estimate of drug-likeness (QED) is 0.0397. The predicted molar refractivity (Wildman–Crippen MR) is 203 cm³/mol. The van der Waals surface area contributed by atoms with E-state index in [4.69, 9.17) is 9.84 Å². The van der Waals surface area contributed by atoms with Gasteiger partial charge in [0.05, 0.1) is 0 Å². The maximum atomic E-state index is 12.7. The normalized spacial score (nSPS) is 12.5. The Balaban J connectivity index is 4.05. The van der Waals surface area contributed by atoms with Crippen molar-refractivity contribution >= 4 is 17.8 Å². The van der Waals surface area contributed by atoms with Crippen molar-refractivity contribution < 1.29 is 24.2 Å². The highest BCUT2D eigenvalue weighted by atomic mass is 16.5. The van der Waals surface area contributed by atoms with E-state index >= 15 is 0 Å². The summed E-state index contributed by atoms with van der Waals surface area (Å²) in [5, 5.41) is 11.1. The summed E-state index contributed by atoms with van der Waals surface area (Å²) < 4.78 is 5.98. The fourth-order valence-electron chi connectivity index (χ4n) is 5.62. The molecule has 0 rings (SSSR count). The van der Waals surface area contributed by atoms with Crippen LogP contribution in [-0.4, -0.2) is 35.6 Å². The van der Waals surface area contributed by atoms with Crippen LogP contribution in [0.1, 0.15) is 187 Å². The third kappa shape index (κ3) is 36.2. The molecule has 0 fully saturated rings. The summed E-state index contributed by atoms with van der Waals surface area (Å²) in [7, 11) is 0. The minimum atomic E-state index is -1.02. The first kappa shape index (κ1) is 45.4. The zero-order valence-electron chi connectivity index (χ0n) is 31.1. The molecule has 1 unspecified atom stereocenters. The Bertz CT molecular complexity index is 875. The average Bonchev–Trinajstić information content (AvgIpc) is 3.07. The molecule has 0 aromatic heterocycles. The van der Waals surface area contributed by atoms with E-state index in [1.54, 1.807) is 0 Å². The number of rotatable bonds is 35. The van der Waals surface area contributed by atoms with Crippen LogP contribution >= 0.6 is 0 Å². The molecule has 0 heterocycles. The summed E-state index contributed by atoms with van der Waals surface area (Å²) in [6, 6.07) is 0. The van der Waals surface area contributed by atoms with Crippen molar-refractivity contribution in [2.24, 2.45) is 0 Å². The number of carboxylic acids is 1. The third-order valence-corrected chi connectivity index (χ3v) is 8.52. The molecule has 0 aromatic carbocycles. The van der Waals surface area contributed by atoms with Crippen LogP contribution in [0.2, 0.25) is 0 Å². The Hall–Kier alpha value is -2.63. The summed E-state index contributed by atoms with van der Waals surface area (Å²) in [5.41, 5.74) is 0. The highest BCUT2D eigenvalue weighted by Gasteiger charge is 2.14. The molecule has 0 saturated heterocycles. The fraction of sp³-hybridized carbons (Fsp3) is 0.738. The SMILES string of the molecule is CC/C=C\C/C=C\C/C=C\C/C=C\CCCCCCCCC(=O)OC(CCCCCCCCC)CCCCCCCC(=O)NCC(=O)O. The number of esters is 1. The molecule has 1 amide bonds. The van der Waals surface area contributed by atoms with Gasteiger partial charge in [0.2, 0.25) is 5.91 Å². The maximum absolute atomic E-state index is 12.7. The zero-order valence-corrected chi connectivity index (χ0v) is 31.1. The number of ether oxygens (including phenoxy) is 1. The van der Waals surface area contributed by atoms with Crippen molar-refractivity contribution in [3.8, 4) is 0 Å². The van der Waals surface area contributed by atoms with Gasteiger partial charge in [0.15, 0.2) is 0 Å². The molecule has 6 nitrogen and oxygen atoms in total. The third-order valence-electron chi connectivity index (χ3n) is 8.52. The van der Waals surface area contributed by atoms with Gasteiger partial charge in [0.25, 0.3) is 0 Å². The minimum Gasteiger partial charge on any atom is -0.480 e. The van der Waals surface area contributed by atoms with Crippen LogP contribution in [0.15, 0.2) is 48.6 Å². The van der Waals surface area contributed by atoms with Gasteiger partial charge in [-0.15, -0.1) is 0 Å². The molecule has 0 aliphatic rings. The molecule has 0 bridgehead atoms. The summed E-state index contributed by atoms with van der Waals surface area (Å²) in [6.45, 7) is 4.09. The van der Waals surface area contributed by atoms with Gasteiger partial charge in [-0.2, -0.15) is 0 Å². The van der Waals surface area contributed by atoms with Crippen LogP contribution in [0.5, 0.6) is 0 Å². The summed E-state index contributed by atoms with van der Waals surface area (Å²) in [5.74, 6) is -1.25. The highest BCUT2D eigenvalue weighted by molar-refractivity contribution is 5.80. The second-order valence-corrected chi connectivity index (χ2v) is 13.2. The molecular weight excluding hydrogens is 598 g/mol. The second kappa shape index (κ2) is 37.2. The molecule has 0 aliphatic carbocycles. The number of aliphatic carboxylic acids is 1. The van der Waals surface area contributed by atoms with Gasteiger partial charge in [-0.25, -0.2) is 0 Å². The molecule has 0 saturated carbocycles. The first-order chi connectivity index (χ1) is 23.5. The Morgan fingerprint density at radius 2 is 1.02 bits per heavy atom. The van der Waals surface area contributed by atoms with E-state index in [1.165, 1.54) is 64.2 Å². The lowest BCUT2D eigenvalue weighted by Gasteiger charge is -2.18. The Kier molecular flexibility index (Phi) is 35.2. The molecule has 0 radical (unpaired) electrons. The van der Waals surface area contributed by atoms with Gasteiger partial charge in [-0.05, 0) is 77.0 Å². The van der Waals surface area contributed by atoms with Crippen LogP contribution < -0.4 is 5.32 Å². The highest BCUT2D eigenvalue weighted by Crippen LogP contribution is 2.18. The van der Waals surface area contributed by atoms with Crippen molar-refractivity contribution in [1.82, 2.24) is 5.32 Å². The molecule has 2 N–H and O–H groups in total. The van der Waals surface area contributed by atoms with Gasteiger partial charge in [-0.3, -0.25) is 14.4 Å². The van der Waals surface area contributed by atoms with E-state index in [1.807, 2.05) is 0 Å². The van der Waals surface area contributed by atoms with Gasteiger partial charge in [0.1, 0.15) is 12.6 Å². The molecular formula is C42H73NO5. The Morgan fingerprint density at radius 1 is 0.562 bits per heavy atom. The van der Waals surface area contributed by atoms with Crippen molar-refractivity contribution in [1.29, 1.82) is 0 Å². The zero-order chi connectivity index (χ0) is 35.2. The Labute approximate surface area is 295 Å². The van der Waals surface area contributed by atoms with E-state index in [2.05, 4.69) is 67.8 Å². The number of carboxylic acid groups (broad SMARTS) is 1. The van der Waals surface area contributed by atoms with Crippen LogP contribution in [0.4, 0.5) is 0 Å². The minimum absolute atomic E-state index is 0.0216. The number of unbranched alkanes of at least 4 members (excludes halogenated alkanes) is 16. The molecule has 276 valence electrons. The van der Waals surface area contributed by atoms with E-state index in [0.29, 0.717) is 12.8 Å². The van der Waals surface area contributed by atoms with E-state index in [0.717, 1.165) is 96.3 Å². The molecule has 0 spiro atoms. The molecule has 0 aliphatic heterocycles. The standard InChI is InChI=1S/C42H73NO5/c1-3-5-7-9-11-12-13-14-15-16-17-18-19-20-21-22-24-29-33-37-42(47)48-39(34-30-26-23-10-8-6-4-2)35-31-27-25-28-32-36-40(44)43-38-41(45)46/h5,7,11-12,14-15,17-18,39H,3-4,6,8-10,13,16,19-38H2,1-2H3,(H,43,44)(H,45,46)/b7-5-,12-11-,15-14-,18-17-. The molecule has 6 heteroatoms. The summed E-state index contributed by atoms with van der Waals surface area (Å²) in [6.07, 6.45) is 46.6. The van der Waals surface area contributed by atoms with Gasteiger partial charge in [-0.1, -0.05) is 146 Å². The largest absolute Gasteiger partial charge is 0.480 e. The van der Waals surface area contributed by atoms with Crippen LogP contribution in [0.25, 0.3) is 0 Å². The average molecular weight is 672 g/mol. The number of nitrogens with one attached hydrogen (secondary N) is 1. The van der Waals surface area contributed by atoms with Crippen molar-refractivity contribution in [3.63, 3.8) is 0 Å². The van der Waals surface area contributed by atoms with Crippen molar-refractivity contribution in [2.75, 3.05) is 6.54 Å². The van der Waals surface area contributed by atoms with Crippen LogP contribution in [0, 0.1) is 0 Å². The van der Waals surface area contributed by atoms with E-state index in [9.17, 15) is 14.4 Å². The lowest BCUT2D eigenvalue weighted by Crippen LogP contribution is -2.28. The van der Waals surface area contributed by atoms with Gasteiger partial charge < -0.3 is 15.2 Å². The Morgan fingerprint density at radius 3 is 1.56 bits per heavy atom. The smallest absolute Gasteiger partial charge is 0.322 e.